The molecule has 3 nitrogen and oxygen atoms in total. The molecule has 60 valence electrons. The van der Waals surface area contributed by atoms with Crippen LogP contribution < -0.4 is 5.73 Å². The molecule has 10 heavy (non-hydrogen) atoms. The number of hydrogen-bond acceptors (Lipinski definition) is 3. The van der Waals surface area contributed by atoms with E-state index >= 15 is 0 Å². The maximum Gasteiger partial charge on any atom is 0.0737 e. The molecule has 0 aromatic heterocycles. The van der Waals surface area contributed by atoms with Crippen LogP contribution in [-0.4, -0.2) is 16.5 Å². The van der Waals surface area contributed by atoms with Gasteiger partial charge in [-0.2, -0.15) is 0 Å². The summed E-state index contributed by atoms with van der Waals surface area (Å²) in [4.78, 5) is 0. The molecule has 3 N–H and O–H groups in total. The first kappa shape index (κ1) is 9.43. The quantitative estimate of drug-likeness (QED) is 0.357. The van der Waals surface area contributed by atoms with Crippen molar-refractivity contribution >= 4 is 5.71 Å². The number of hydrogen-bond donors (Lipinski definition) is 2. The molecule has 0 aromatic carbocycles. The SMILES string of the molecule is CCC(N)(CC)/C(C)=N\O. The highest BCUT2D eigenvalue weighted by atomic mass is 16.4. The molecule has 0 rings (SSSR count). The molecular formula is C7H16N2O. The van der Waals surface area contributed by atoms with Gasteiger partial charge in [-0.3, -0.25) is 0 Å². The first-order valence-corrected chi connectivity index (χ1v) is 3.58. The maximum absolute atomic E-state index is 8.44. The van der Waals surface area contributed by atoms with Crippen LogP contribution in [-0.2, 0) is 0 Å². The van der Waals surface area contributed by atoms with Crippen LogP contribution in [0, 0.1) is 0 Å². The molecule has 0 aliphatic carbocycles. The summed E-state index contributed by atoms with van der Waals surface area (Å²) < 4.78 is 0. The van der Waals surface area contributed by atoms with Crippen LogP contribution in [0.5, 0.6) is 0 Å². The van der Waals surface area contributed by atoms with Crippen molar-refractivity contribution < 1.29 is 5.21 Å². The van der Waals surface area contributed by atoms with E-state index in [1.165, 1.54) is 0 Å². The predicted octanol–water partition coefficient (Wildman–Crippen LogP) is 1.35. The Hall–Kier alpha value is -0.570. The molecule has 3 heteroatoms. The number of nitrogens with two attached hydrogens (primary N) is 1. The Labute approximate surface area is 61.9 Å². The van der Waals surface area contributed by atoms with Crippen LogP contribution in [0.3, 0.4) is 0 Å². The van der Waals surface area contributed by atoms with Gasteiger partial charge in [0.2, 0.25) is 0 Å². The topological polar surface area (TPSA) is 58.6 Å². The molecule has 0 bridgehead atoms. The third-order valence-corrected chi connectivity index (χ3v) is 2.13. The summed E-state index contributed by atoms with van der Waals surface area (Å²) in [5.41, 5.74) is 6.06. The van der Waals surface area contributed by atoms with Gasteiger partial charge in [-0.15, -0.1) is 0 Å². The predicted molar refractivity (Wildman–Crippen MR) is 42.4 cm³/mol. The van der Waals surface area contributed by atoms with Crippen LogP contribution in [0.4, 0.5) is 0 Å². The zero-order valence-electron chi connectivity index (χ0n) is 6.89. The van der Waals surface area contributed by atoms with E-state index in [2.05, 4.69) is 5.16 Å². The Morgan fingerprint density at radius 2 is 1.90 bits per heavy atom. The van der Waals surface area contributed by atoms with Gasteiger partial charge < -0.3 is 10.9 Å². The minimum atomic E-state index is -0.408. The van der Waals surface area contributed by atoms with E-state index in [4.69, 9.17) is 10.9 Å². The van der Waals surface area contributed by atoms with Gasteiger partial charge in [0.25, 0.3) is 0 Å². The van der Waals surface area contributed by atoms with Gasteiger partial charge >= 0.3 is 0 Å². The molecule has 0 heterocycles. The van der Waals surface area contributed by atoms with Crippen molar-refractivity contribution in [3.05, 3.63) is 0 Å². The van der Waals surface area contributed by atoms with Crippen molar-refractivity contribution in [1.82, 2.24) is 0 Å². The molecule has 0 aromatic rings. The van der Waals surface area contributed by atoms with Crippen LogP contribution >= 0.6 is 0 Å². The second-order valence-electron chi connectivity index (χ2n) is 2.55. The zero-order chi connectivity index (χ0) is 8.20. The highest BCUT2D eigenvalue weighted by Crippen LogP contribution is 2.12. The van der Waals surface area contributed by atoms with Crippen molar-refractivity contribution in [1.29, 1.82) is 0 Å². The summed E-state index contributed by atoms with van der Waals surface area (Å²) in [6.07, 6.45) is 1.61. The van der Waals surface area contributed by atoms with E-state index in [1.807, 2.05) is 13.8 Å². The lowest BCUT2D eigenvalue weighted by Gasteiger charge is -2.24. The molecule has 0 atom stereocenters. The molecule has 0 saturated heterocycles. The molecule has 0 radical (unpaired) electrons. The number of nitrogens with zero attached hydrogens (tertiary/aromatic N) is 1. The van der Waals surface area contributed by atoms with Crippen molar-refractivity contribution in [2.45, 2.75) is 39.2 Å². The van der Waals surface area contributed by atoms with E-state index in [0.29, 0.717) is 5.71 Å². The third kappa shape index (κ3) is 1.70. The lowest BCUT2D eigenvalue weighted by atomic mass is 9.89. The van der Waals surface area contributed by atoms with Gasteiger partial charge in [-0.25, -0.2) is 0 Å². The summed E-state index contributed by atoms with van der Waals surface area (Å²) in [6.45, 7) is 5.71. The second-order valence-corrected chi connectivity index (χ2v) is 2.55. The third-order valence-electron chi connectivity index (χ3n) is 2.13. The fourth-order valence-electron chi connectivity index (χ4n) is 0.861. The van der Waals surface area contributed by atoms with Crippen LogP contribution in [0.25, 0.3) is 0 Å². The average molecular weight is 144 g/mol. The van der Waals surface area contributed by atoms with E-state index in [9.17, 15) is 0 Å². The first-order chi connectivity index (χ1) is 4.60. The maximum atomic E-state index is 8.44. The smallest absolute Gasteiger partial charge is 0.0737 e. The van der Waals surface area contributed by atoms with Gasteiger partial charge in [0.1, 0.15) is 0 Å². The zero-order valence-corrected chi connectivity index (χ0v) is 6.89. The van der Waals surface area contributed by atoms with E-state index in [0.717, 1.165) is 12.8 Å². The Morgan fingerprint density at radius 1 is 1.50 bits per heavy atom. The molecule has 0 amide bonds. The van der Waals surface area contributed by atoms with Crippen molar-refractivity contribution in [3.8, 4) is 0 Å². The molecule has 0 unspecified atom stereocenters. The largest absolute Gasteiger partial charge is 0.411 e. The summed E-state index contributed by atoms with van der Waals surface area (Å²) in [5.74, 6) is 0. The van der Waals surface area contributed by atoms with Gasteiger partial charge in [-0.1, -0.05) is 19.0 Å². The molecular weight excluding hydrogens is 128 g/mol. The summed E-state index contributed by atoms with van der Waals surface area (Å²) in [7, 11) is 0. The van der Waals surface area contributed by atoms with Crippen LogP contribution in [0.15, 0.2) is 5.16 Å². The summed E-state index contributed by atoms with van der Waals surface area (Å²) in [5, 5.41) is 11.5. The van der Waals surface area contributed by atoms with E-state index in [1.54, 1.807) is 6.92 Å². The minimum Gasteiger partial charge on any atom is -0.411 e. The minimum absolute atomic E-state index is 0.408. The molecule has 0 fully saturated rings. The molecule has 0 saturated carbocycles. The Morgan fingerprint density at radius 3 is 2.00 bits per heavy atom. The number of rotatable bonds is 3. The van der Waals surface area contributed by atoms with E-state index in [-0.39, 0.29) is 0 Å². The standard InChI is InChI=1S/C7H16N2O/c1-4-7(8,5-2)6(3)9-10/h10H,4-5,8H2,1-3H3/b9-6-. The van der Waals surface area contributed by atoms with Gasteiger partial charge in [0.15, 0.2) is 0 Å². The molecule has 0 spiro atoms. The fourth-order valence-corrected chi connectivity index (χ4v) is 0.861. The highest BCUT2D eigenvalue weighted by Gasteiger charge is 2.23. The summed E-state index contributed by atoms with van der Waals surface area (Å²) >= 11 is 0. The van der Waals surface area contributed by atoms with Gasteiger partial charge in [0.05, 0.1) is 11.3 Å². The fraction of sp³-hybridized carbons (Fsp3) is 0.857. The monoisotopic (exact) mass is 144 g/mol. The van der Waals surface area contributed by atoms with Crippen molar-refractivity contribution in [3.63, 3.8) is 0 Å². The van der Waals surface area contributed by atoms with E-state index < -0.39 is 5.54 Å². The molecule has 0 aliphatic rings. The Bertz CT molecular complexity index is 128. The lowest BCUT2D eigenvalue weighted by molar-refractivity contribution is 0.310. The van der Waals surface area contributed by atoms with Crippen molar-refractivity contribution in [2.75, 3.05) is 0 Å². The summed E-state index contributed by atoms with van der Waals surface area (Å²) in [6, 6.07) is 0. The van der Waals surface area contributed by atoms with Crippen LogP contribution in [0.1, 0.15) is 33.6 Å². The van der Waals surface area contributed by atoms with Crippen molar-refractivity contribution in [2.24, 2.45) is 10.9 Å². The lowest BCUT2D eigenvalue weighted by Crippen LogP contribution is -2.45. The van der Waals surface area contributed by atoms with Gasteiger partial charge in [0, 0.05) is 0 Å². The Kier molecular flexibility index (Phi) is 3.36. The van der Waals surface area contributed by atoms with Gasteiger partial charge in [-0.05, 0) is 19.8 Å². The Balaban J connectivity index is 4.32. The normalized spacial score (nSPS) is 13.8. The first-order valence-electron chi connectivity index (χ1n) is 3.58. The van der Waals surface area contributed by atoms with Crippen LogP contribution in [0.2, 0.25) is 0 Å². The number of oxime groups is 1. The highest BCUT2D eigenvalue weighted by molar-refractivity contribution is 5.90. The molecule has 0 aliphatic heterocycles. The average Bonchev–Trinajstić information content (AvgIpc) is 2.01. The second kappa shape index (κ2) is 3.56.